The summed E-state index contributed by atoms with van der Waals surface area (Å²) >= 11 is 0. The zero-order valence-corrected chi connectivity index (χ0v) is 11.9. The smallest absolute Gasteiger partial charge is 0.342 e. The quantitative estimate of drug-likeness (QED) is 0.894. The third-order valence-corrected chi connectivity index (χ3v) is 5.49. The monoisotopic (exact) mass is 313 g/mol. The molecule has 2 bridgehead atoms. The van der Waals surface area contributed by atoms with E-state index in [1.54, 1.807) is 4.90 Å². The van der Waals surface area contributed by atoms with Gasteiger partial charge in [0.05, 0.1) is 0 Å². The van der Waals surface area contributed by atoms with Crippen LogP contribution in [0, 0.1) is 17.8 Å². The van der Waals surface area contributed by atoms with Crippen LogP contribution < -0.4 is 5.76 Å². The summed E-state index contributed by atoms with van der Waals surface area (Å²) < 4.78 is 31.6. The van der Waals surface area contributed by atoms with Crippen LogP contribution in [0.4, 0.5) is 8.78 Å². The van der Waals surface area contributed by atoms with E-state index in [2.05, 4.69) is 14.7 Å². The van der Waals surface area contributed by atoms with Gasteiger partial charge in [0.1, 0.15) is 0 Å². The molecule has 2 heterocycles. The predicted octanol–water partition coefficient (Wildman–Crippen LogP) is 1.36. The van der Waals surface area contributed by atoms with Gasteiger partial charge in [-0.2, -0.15) is 0 Å². The highest BCUT2D eigenvalue weighted by atomic mass is 19.3. The molecule has 1 aliphatic heterocycles. The molecule has 0 radical (unpaired) electrons. The second kappa shape index (κ2) is 4.63. The van der Waals surface area contributed by atoms with Crippen molar-refractivity contribution in [3.63, 3.8) is 0 Å². The van der Waals surface area contributed by atoms with Crippen LogP contribution in [0.15, 0.2) is 9.32 Å². The minimum absolute atomic E-state index is 0.0173. The topological polar surface area (TPSA) is 79.2 Å². The van der Waals surface area contributed by atoms with E-state index < -0.39 is 17.6 Å². The second-order valence-corrected chi connectivity index (χ2v) is 6.75. The number of rotatable bonds is 2. The van der Waals surface area contributed by atoms with Crippen LogP contribution in [0.5, 0.6) is 0 Å². The van der Waals surface area contributed by atoms with Gasteiger partial charge < -0.3 is 4.90 Å². The maximum Gasteiger partial charge on any atom is 0.438 e. The number of fused-ring (bicyclic) bond motifs is 2. The molecule has 1 unspecified atom stereocenters. The molecule has 2 aliphatic carbocycles. The number of halogens is 2. The summed E-state index contributed by atoms with van der Waals surface area (Å²) in [7, 11) is 0. The third-order valence-electron chi connectivity index (χ3n) is 5.49. The van der Waals surface area contributed by atoms with Gasteiger partial charge in [0, 0.05) is 37.3 Å². The third kappa shape index (κ3) is 2.07. The second-order valence-electron chi connectivity index (χ2n) is 6.75. The number of amides is 1. The molecule has 3 fully saturated rings. The Hall–Kier alpha value is -1.73. The maximum atomic E-state index is 13.6. The summed E-state index contributed by atoms with van der Waals surface area (Å²) in [6, 6.07) is 0. The van der Waals surface area contributed by atoms with Crippen molar-refractivity contribution in [3.8, 4) is 0 Å². The van der Waals surface area contributed by atoms with Gasteiger partial charge in [0.25, 0.3) is 5.92 Å². The fourth-order valence-corrected chi connectivity index (χ4v) is 4.35. The van der Waals surface area contributed by atoms with Crippen LogP contribution in [-0.4, -0.2) is 40.0 Å². The van der Waals surface area contributed by atoms with Crippen molar-refractivity contribution in [1.29, 1.82) is 0 Å². The predicted molar refractivity (Wildman–Crippen MR) is 70.3 cm³/mol. The Kier molecular flexibility index (Phi) is 2.93. The summed E-state index contributed by atoms with van der Waals surface area (Å²) in [6.45, 7) is 1.04. The maximum absolute atomic E-state index is 13.6. The molecule has 1 N–H and O–H groups in total. The normalized spacial score (nSPS) is 36.2. The van der Waals surface area contributed by atoms with Crippen molar-refractivity contribution in [3.05, 3.63) is 16.4 Å². The highest BCUT2D eigenvalue weighted by molar-refractivity contribution is 5.80. The van der Waals surface area contributed by atoms with Gasteiger partial charge in [-0.05, 0) is 25.2 Å². The van der Waals surface area contributed by atoms with Crippen molar-refractivity contribution in [2.24, 2.45) is 17.8 Å². The molecule has 2 saturated carbocycles. The van der Waals surface area contributed by atoms with Crippen molar-refractivity contribution < 1.29 is 18.1 Å². The molecule has 0 spiro atoms. The summed E-state index contributed by atoms with van der Waals surface area (Å²) in [5.74, 6) is -3.87. The number of alkyl halides is 2. The molecule has 1 saturated heterocycles. The molecule has 120 valence electrons. The van der Waals surface area contributed by atoms with Gasteiger partial charge in [0.15, 0.2) is 5.82 Å². The number of nitrogens with one attached hydrogen (secondary N) is 1. The van der Waals surface area contributed by atoms with E-state index in [-0.39, 0.29) is 30.1 Å². The van der Waals surface area contributed by atoms with Gasteiger partial charge in [-0.3, -0.25) is 14.3 Å². The average molecular weight is 313 g/mol. The number of carbonyl (C=O) groups is 1. The number of hydrogen-bond acceptors (Lipinski definition) is 4. The van der Waals surface area contributed by atoms with Crippen LogP contribution in [0.25, 0.3) is 0 Å². The molecular weight excluding hydrogens is 296 g/mol. The molecule has 1 aromatic heterocycles. The van der Waals surface area contributed by atoms with Crippen molar-refractivity contribution in [1.82, 2.24) is 15.0 Å². The molecule has 6 nitrogen and oxygen atoms in total. The van der Waals surface area contributed by atoms with Crippen molar-refractivity contribution in [2.75, 3.05) is 13.1 Å². The Bertz CT molecular complexity index is 656. The Morgan fingerprint density at radius 2 is 2.23 bits per heavy atom. The number of H-pyrrole nitrogens is 1. The van der Waals surface area contributed by atoms with Crippen LogP contribution in [0.1, 0.15) is 37.4 Å². The first-order chi connectivity index (χ1) is 10.4. The molecule has 1 amide bonds. The van der Waals surface area contributed by atoms with E-state index in [1.165, 1.54) is 0 Å². The Labute approximate surface area is 124 Å². The zero-order chi connectivity index (χ0) is 15.5. The van der Waals surface area contributed by atoms with E-state index in [0.29, 0.717) is 38.2 Å². The van der Waals surface area contributed by atoms with Crippen LogP contribution in [0.3, 0.4) is 0 Å². The molecule has 4 atom stereocenters. The van der Waals surface area contributed by atoms with Crippen LogP contribution in [0.2, 0.25) is 0 Å². The molecule has 8 heteroatoms. The van der Waals surface area contributed by atoms with E-state index in [9.17, 15) is 18.4 Å². The van der Waals surface area contributed by atoms with Gasteiger partial charge in [-0.25, -0.2) is 13.6 Å². The molecule has 4 rings (SSSR count). The van der Waals surface area contributed by atoms with Crippen molar-refractivity contribution in [2.45, 2.75) is 37.5 Å². The van der Waals surface area contributed by atoms with Gasteiger partial charge in [-0.1, -0.05) is 5.16 Å². The van der Waals surface area contributed by atoms with E-state index >= 15 is 0 Å². The number of likely N-dealkylation sites (tertiary alicyclic amines) is 1. The molecule has 22 heavy (non-hydrogen) atoms. The SMILES string of the molecule is O=C([C@H]1C[C@@H]2C[C@H]1CC2(F)F)N1CCC(c2noc(=O)[nH]2)C1. The minimum Gasteiger partial charge on any atom is -0.342 e. The number of carbonyl (C=O) groups excluding carboxylic acids is 1. The number of nitrogens with zero attached hydrogens (tertiary/aromatic N) is 2. The summed E-state index contributed by atoms with van der Waals surface area (Å²) in [5.41, 5.74) is 0. The molecule has 0 aromatic carbocycles. The average Bonchev–Trinajstić information content (AvgIpc) is 3.17. The lowest BCUT2D eigenvalue weighted by molar-refractivity contribution is -0.139. The summed E-state index contributed by atoms with van der Waals surface area (Å²) in [6.07, 6.45) is 1.32. The fraction of sp³-hybridized carbons (Fsp3) is 0.786. The number of aromatic amines is 1. The highest BCUT2D eigenvalue weighted by Gasteiger charge is 2.58. The van der Waals surface area contributed by atoms with E-state index in [1.807, 2.05) is 0 Å². The van der Waals surface area contributed by atoms with Crippen LogP contribution >= 0.6 is 0 Å². The summed E-state index contributed by atoms with van der Waals surface area (Å²) in [5, 5.41) is 3.67. The molecule has 3 aliphatic rings. The van der Waals surface area contributed by atoms with Gasteiger partial charge in [-0.15, -0.1) is 0 Å². The number of hydrogen-bond donors (Lipinski definition) is 1. The standard InChI is InChI=1S/C14H17F2N3O3/c15-14(16)5-8-3-9(14)4-10(8)12(20)19-2-1-7(6-19)11-17-13(21)22-18-11/h7-10H,1-6H2,(H,17,18,21)/t7?,8-,9-,10-/m0/s1. The highest BCUT2D eigenvalue weighted by Crippen LogP contribution is 2.56. The van der Waals surface area contributed by atoms with Crippen molar-refractivity contribution >= 4 is 5.91 Å². The number of aromatic nitrogens is 2. The van der Waals surface area contributed by atoms with E-state index in [4.69, 9.17) is 0 Å². The fourth-order valence-electron chi connectivity index (χ4n) is 4.35. The lowest BCUT2D eigenvalue weighted by atomic mass is 9.85. The zero-order valence-electron chi connectivity index (χ0n) is 11.9. The van der Waals surface area contributed by atoms with Gasteiger partial charge >= 0.3 is 5.76 Å². The first-order valence-electron chi connectivity index (χ1n) is 7.66. The Morgan fingerprint density at radius 3 is 2.82 bits per heavy atom. The van der Waals surface area contributed by atoms with Gasteiger partial charge in [0.2, 0.25) is 5.91 Å². The Balaban J connectivity index is 1.42. The van der Waals surface area contributed by atoms with E-state index in [0.717, 1.165) is 0 Å². The first-order valence-corrected chi connectivity index (χ1v) is 7.66. The molecular formula is C14H17F2N3O3. The van der Waals surface area contributed by atoms with Crippen LogP contribution in [-0.2, 0) is 4.79 Å². The lowest BCUT2D eigenvalue weighted by Crippen LogP contribution is -2.39. The largest absolute Gasteiger partial charge is 0.438 e. The minimum atomic E-state index is -2.59. The summed E-state index contributed by atoms with van der Waals surface area (Å²) in [4.78, 5) is 27.8. The Morgan fingerprint density at radius 1 is 1.41 bits per heavy atom. The first kappa shape index (κ1) is 13.9. The lowest BCUT2D eigenvalue weighted by Gasteiger charge is -2.29. The molecule has 1 aromatic rings.